The monoisotopic (exact) mass is 445 g/mol. The number of rotatable bonds is 8. The molecular weight excluding hydrogens is 422 g/mol. The summed E-state index contributed by atoms with van der Waals surface area (Å²) in [5.41, 5.74) is 4.88. The van der Waals surface area contributed by atoms with Crippen molar-refractivity contribution in [3.05, 3.63) is 95.1 Å². The summed E-state index contributed by atoms with van der Waals surface area (Å²) in [6.45, 7) is 1.70. The number of hydrogen-bond donors (Lipinski definition) is 2. The van der Waals surface area contributed by atoms with Crippen molar-refractivity contribution in [2.24, 2.45) is 5.10 Å². The summed E-state index contributed by atoms with van der Waals surface area (Å²) in [5.74, 6) is -0.742. The molecule has 0 aliphatic heterocycles. The first-order chi connectivity index (χ1) is 16.0. The number of hydrazone groups is 1. The third-order valence-corrected chi connectivity index (χ3v) is 4.53. The molecule has 0 spiro atoms. The zero-order valence-electron chi connectivity index (χ0n) is 18.2. The van der Waals surface area contributed by atoms with Gasteiger partial charge in [0, 0.05) is 5.56 Å². The highest BCUT2D eigenvalue weighted by Gasteiger charge is 2.12. The molecule has 0 bridgehead atoms. The van der Waals surface area contributed by atoms with Crippen molar-refractivity contribution in [3.8, 4) is 11.5 Å². The van der Waals surface area contributed by atoms with Gasteiger partial charge in [-0.1, -0.05) is 35.9 Å². The first-order valence-electron chi connectivity index (χ1n) is 10.1. The summed E-state index contributed by atoms with van der Waals surface area (Å²) in [4.78, 5) is 36.2. The first kappa shape index (κ1) is 23.2. The molecule has 0 heterocycles. The molecule has 2 N–H and O–H groups in total. The van der Waals surface area contributed by atoms with E-state index in [2.05, 4.69) is 15.8 Å². The lowest BCUT2D eigenvalue weighted by Crippen LogP contribution is -2.34. The molecule has 0 saturated heterocycles. The van der Waals surface area contributed by atoms with E-state index in [1.54, 1.807) is 54.6 Å². The van der Waals surface area contributed by atoms with Crippen LogP contribution in [0.1, 0.15) is 31.8 Å². The number of esters is 1. The highest BCUT2D eigenvalue weighted by Crippen LogP contribution is 2.28. The molecule has 168 valence electrons. The summed E-state index contributed by atoms with van der Waals surface area (Å²) < 4.78 is 10.7. The highest BCUT2D eigenvalue weighted by molar-refractivity contribution is 5.96. The number of hydrogen-bond acceptors (Lipinski definition) is 6. The Morgan fingerprint density at radius 1 is 0.909 bits per heavy atom. The molecule has 0 atom stereocenters. The van der Waals surface area contributed by atoms with Crippen molar-refractivity contribution in [3.63, 3.8) is 0 Å². The largest absolute Gasteiger partial charge is 0.493 e. The molecule has 0 aliphatic carbocycles. The number of amides is 2. The summed E-state index contributed by atoms with van der Waals surface area (Å²) in [5, 5.41) is 6.41. The van der Waals surface area contributed by atoms with Gasteiger partial charge in [-0.2, -0.15) is 5.10 Å². The van der Waals surface area contributed by atoms with E-state index < -0.39 is 11.9 Å². The van der Waals surface area contributed by atoms with Gasteiger partial charge >= 0.3 is 5.97 Å². The number of methoxy groups -OCH3 is 1. The second-order valence-corrected chi connectivity index (χ2v) is 7.01. The van der Waals surface area contributed by atoms with Crippen LogP contribution in [0.3, 0.4) is 0 Å². The van der Waals surface area contributed by atoms with Gasteiger partial charge in [0.15, 0.2) is 11.5 Å². The minimum atomic E-state index is -0.504. The van der Waals surface area contributed by atoms with Gasteiger partial charge in [-0.15, -0.1) is 0 Å². The van der Waals surface area contributed by atoms with Crippen molar-refractivity contribution in [1.82, 2.24) is 10.7 Å². The fraction of sp³-hybridized carbons (Fsp3) is 0.120. The molecule has 3 aromatic rings. The lowest BCUT2D eigenvalue weighted by Gasteiger charge is -2.10. The molecule has 0 aromatic heterocycles. The van der Waals surface area contributed by atoms with Crippen LogP contribution < -0.4 is 20.2 Å². The summed E-state index contributed by atoms with van der Waals surface area (Å²) in [6.07, 6.45) is 1.41. The van der Waals surface area contributed by atoms with Gasteiger partial charge < -0.3 is 14.8 Å². The van der Waals surface area contributed by atoms with Crippen molar-refractivity contribution in [1.29, 1.82) is 0 Å². The molecule has 33 heavy (non-hydrogen) atoms. The second-order valence-electron chi connectivity index (χ2n) is 7.01. The van der Waals surface area contributed by atoms with Gasteiger partial charge in [0.1, 0.15) is 0 Å². The predicted octanol–water partition coefficient (Wildman–Crippen LogP) is 3.10. The molecule has 0 aliphatic rings. The van der Waals surface area contributed by atoms with E-state index in [0.717, 1.165) is 5.56 Å². The number of aryl methyl sites for hydroxylation is 1. The molecule has 8 heteroatoms. The topological polar surface area (TPSA) is 106 Å². The predicted molar refractivity (Wildman–Crippen MR) is 124 cm³/mol. The van der Waals surface area contributed by atoms with Gasteiger partial charge in [0.05, 0.1) is 25.4 Å². The third kappa shape index (κ3) is 6.76. The maximum absolute atomic E-state index is 12.2. The second kappa shape index (κ2) is 11.2. The van der Waals surface area contributed by atoms with Crippen LogP contribution in [-0.2, 0) is 4.79 Å². The molecule has 0 fully saturated rings. The summed E-state index contributed by atoms with van der Waals surface area (Å²) >= 11 is 0. The number of benzene rings is 3. The van der Waals surface area contributed by atoms with E-state index in [0.29, 0.717) is 22.4 Å². The Hall–Kier alpha value is -4.46. The van der Waals surface area contributed by atoms with Gasteiger partial charge in [0.25, 0.3) is 11.8 Å². The van der Waals surface area contributed by atoms with Crippen LogP contribution in [0.4, 0.5) is 0 Å². The summed E-state index contributed by atoms with van der Waals surface area (Å²) in [6, 6.07) is 20.5. The average Bonchev–Trinajstić information content (AvgIpc) is 2.84. The van der Waals surface area contributed by atoms with Crippen molar-refractivity contribution in [2.45, 2.75) is 6.92 Å². The molecule has 0 radical (unpaired) electrons. The molecule has 0 unspecified atom stereocenters. The number of carbonyl (C=O) groups is 3. The molecule has 8 nitrogen and oxygen atoms in total. The zero-order chi connectivity index (χ0) is 23.6. The number of nitrogens with one attached hydrogen (secondary N) is 2. The van der Waals surface area contributed by atoms with Gasteiger partial charge in [-0.3, -0.25) is 9.59 Å². The van der Waals surface area contributed by atoms with Gasteiger partial charge in [-0.05, 0) is 55.0 Å². The molecule has 2 amide bonds. The van der Waals surface area contributed by atoms with E-state index in [4.69, 9.17) is 9.47 Å². The minimum Gasteiger partial charge on any atom is -0.493 e. The lowest BCUT2D eigenvalue weighted by atomic mass is 10.1. The zero-order valence-corrected chi connectivity index (χ0v) is 18.2. The van der Waals surface area contributed by atoms with Gasteiger partial charge in [0.2, 0.25) is 0 Å². The lowest BCUT2D eigenvalue weighted by molar-refractivity contribution is -0.120. The van der Waals surface area contributed by atoms with E-state index in [9.17, 15) is 14.4 Å². The molecule has 3 rings (SSSR count). The Morgan fingerprint density at radius 3 is 2.33 bits per heavy atom. The fourth-order valence-electron chi connectivity index (χ4n) is 2.77. The SMILES string of the molecule is COc1cc(/C=N/NC(=O)CNC(=O)c2ccc(C)cc2)ccc1OC(=O)c1ccccc1. The molecule has 0 saturated carbocycles. The maximum Gasteiger partial charge on any atom is 0.343 e. The van der Waals surface area contributed by atoms with Crippen molar-refractivity contribution >= 4 is 24.0 Å². The van der Waals surface area contributed by atoms with Crippen LogP contribution in [0.15, 0.2) is 77.9 Å². The quantitative estimate of drug-likeness (QED) is 0.240. The normalized spacial score (nSPS) is 10.5. The van der Waals surface area contributed by atoms with Crippen molar-refractivity contribution in [2.75, 3.05) is 13.7 Å². The van der Waals surface area contributed by atoms with Crippen LogP contribution in [0.25, 0.3) is 0 Å². The number of carbonyl (C=O) groups excluding carboxylic acids is 3. The fourth-order valence-corrected chi connectivity index (χ4v) is 2.77. The van der Waals surface area contributed by atoms with E-state index in [1.165, 1.54) is 13.3 Å². The Bertz CT molecular complexity index is 1160. The Morgan fingerprint density at radius 2 is 1.64 bits per heavy atom. The van der Waals surface area contributed by atoms with E-state index in [1.807, 2.05) is 25.1 Å². The molecular formula is C25H23N3O5. The average molecular weight is 445 g/mol. The van der Waals surface area contributed by atoms with E-state index in [-0.39, 0.29) is 18.2 Å². The van der Waals surface area contributed by atoms with Crippen LogP contribution >= 0.6 is 0 Å². The van der Waals surface area contributed by atoms with Crippen LogP contribution in [-0.4, -0.2) is 37.7 Å². The van der Waals surface area contributed by atoms with Crippen LogP contribution in [0.5, 0.6) is 11.5 Å². The summed E-state index contributed by atoms with van der Waals surface area (Å²) in [7, 11) is 1.45. The van der Waals surface area contributed by atoms with E-state index >= 15 is 0 Å². The Balaban J connectivity index is 1.53. The first-order valence-corrected chi connectivity index (χ1v) is 10.1. The standard InChI is InChI=1S/C25H23N3O5/c1-17-8-11-19(12-9-17)24(30)26-16-23(29)28-27-15-18-10-13-21(22(14-18)32-2)33-25(31)20-6-4-3-5-7-20/h3-15H,16H2,1-2H3,(H,26,30)(H,28,29)/b27-15+. The number of ether oxygens (including phenoxy) is 2. The van der Waals surface area contributed by atoms with Crippen molar-refractivity contribution < 1.29 is 23.9 Å². The maximum atomic E-state index is 12.2. The highest BCUT2D eigenvalue weighted by atomic mass is 16.6. The third-order valence-electron chi connectivity index (χ3n) is 4.53. The van der Waals surface area contributed by atoms with Crippen LogP contribution in [0.2, 0.25) is 0 Å². The van der Waals surface area contributed by atoms with Gasteiger partial charge in [-0.25, -0.2) is 10.2 Å². The molecule has 3 aromatic carbocycles. The van der Waals surface area contributed by atoms with Crippen LogP contribution in [0, 0.1) is 6.92 Å². The minimum absolute atomic E-state index is 0.220. The smallest absolute Gasteiger partial charge is 0.343 e. The number of nitrogens with zero attached hydrogens (tertiary/aromatic N) is 1. The Labute approximate surface area is 191 Å². The Kier molecular flexibility index (Phi) is 7.91.